The fourth-order valence-corrected chi connectivity index (χ4v) is 4.74. The lowest BCUT2D eigenvalue weighted by atomic mass is 9.69. The maximum atomic E-state index is 13.9. The monoisotopic (exact) mass is 528 g/mol. The second kappa shape index (κ2) is 10.9. The van der Waals surface area contributed by atoms with Gasteiger partial charge in [-0.2, -0.15) is 0 Å². The number of carbonyl (C=O) groups is 4. The maximum Gasteiger partial charge on any atom is 0.311 e. The van der Waals surface area contributed by atoms with Crippen LogP contribution in [0.25, 0.3) is 0 Å². The Balaban J connectivity index is 1.97. The molecule has 1 aliphatic heterocycles. The lowest BCUT2D eigenvalue weighted by molar-refractivity contribution is -0.157. The molecular formula is C27H33ClN4O5. The number of nitrogens with one attached hydrogen (secondary N) is 2. The summed E-state index contributed by atoms with van der Waals surface area (Å²) in [5, 5.41) is 5.51. The Bertz CT molecular complexity index is 1220. The van der Waals surface area contributed by atoms with Crippen LogP contribution in [0.1, 0.15) is 61.5 Å². The van der Waals surface area contributed by atoms with Gasteiger partial charge in [0.2, 0.25) is 11.8 Å². The topological polar surface area (TPSA) is 118 Å². The van der Waals surface area contributed by atoms with Gasteiger partial charge in [0.05, 0.1) is 30.0 Å². The van der Waals surface area contributed by atoms with Crippen molar-refractivity contribution in [3.8, 4) is 0 Å². The first-order chi connectivity index (χ1) is 17.4. The van der Waals surface area contributed by atoms with Gasteiger partial charge in [0.15, 0.2) is 0 Å². The predicted molar refractivity (Wildman–Crippen MR) is 140 cm³/mol. The average molecular weight is 529 g/mol. The van der Waals surface area contributed by atoms with E-state index in [1.54, 1.807) is 18.7 Å². The van der Waals surface area contributed by atoms with Crippen LogP contribution < -0.4 is 10.6 Å². The summed E-state index contributed by atoms with van der Waals surface area (Å²) in [6.45, 7) is 7.62. The smallest absolute Gasteiger partial charge is 0.311 e. The van der Waals surface area contributed by atoms with Crippen LogP contribution in [0, 0.1) is 5.41 Å². The van der Waals surface area contributed by atoms with Crippen molar-refractivity contribution in [2.45, 2.75) is 45.4 Å². The number of pyridine rings is 1. The summed E-state index contributed by atoms with van der Waals surface area (Å²) < 4.78 is 4.83. The van der Waals surface area contributed by atoms with E-state index in [0.717, 1.165) is 11.1 Å². The number of hydrogen-bond donors (Lipinski definition) is 2. The molecule has 0 bridgehead atoms. The number of aromatic nitrogens is 1. The van der Waals surface area contributed by atoms with Gasteiger partial charge in [-0.1, -0.05) is 49.7 Å². The number of halogens is 1. The van der Waals surface area contributed by atoms with Gasteiger partial charge in [-0.3, -0.25) is 19.2 Å². The quantitative estimate of drug-likeness (QED) is 0.400. The second-order valence-corrected chi connectivity index (χ2v) is 10.6. The molecule has 2 heterocycles. The highest BCUT2D eigenvalue weighted by Gasteiger charge is 2.54. The number of ether oxygens (including phenoxy) is 1. The summed E-state index contributed by atoms with van der Waals surface area (Å²) in [5.41, 5.74) is 0.120. The number of nitrogens with zero attached hydrogens (tertiary/aromatic N) is 2. The first kappa shape index (κ1) is 28.1. The normalized spacial score (nSPS) is 14.5. The molecule has 198 valence electrons. The van der Waals surface area contributed by atoms with Crippen molar-refractivity contribution in [1.82, 2.24) is 15.2 Å². The summed E-state index contributed by atoms with van der Waals surface area (Å²) in [5.74, 6) is -1.40. The zero-order valence-corrected chi connectivity index (χ0v) is 22.7. The van der Waals surface area contributed by atoms with Crippen molar-refractivity contribution in [2.75, 3.05) is 32.6 Å². The summed E-state index contributed by atoms with van der Waals surface area (Å²) in [7, 11) is 2.77. The van der Waals surface area contributed by atoms with Crippen LogP contribution in [-0.2, 0) is 24.5 Å². The predicted octanol–water partition coefficient (Wildman–Crippen LogP) is 3.53. The Kier molecular flexibility index (Phi) is 8.27. The van der Waals surface area contributed by atoms with Crippen LogP contribution in [-0.4, -0.2) is 60.8 Å². The van der Waals surface area contributed by atoms with E-state index in [2.05, 4.69) is 15.6 Å². The van der Waals surface area contributed by atoms with Gasteiger partial charge in [-0.25, -0.2) is 4.98 Å². The Morgan fingerprint density at radius 1 is 1.19 bits per heavy atom. The molecule has 1 fully saturated rings. The Labute approximate surface area is 221 Å². The van der Waals surface area contributed by atoms with Gasteiger partial charge < -0.3 is 20.3 Å². The van der Waals surface area contributed by atoms with E-state index in [4.69, 9.17) is 16.3 Å². The highest BCUT2D eigenvalue weighted by Crippen LogP contribution is 2.41. The van der Waals surface area contributed by atoms with E-state index in [9.17, 15) is 19.2 Å². The Hall–Kier alpha value is -3.46. The summed E-state index contributed by atoms with van der Waals surface area (Å²) >= 11 is 5.99. The average Bonchev–Trinajstić information content (AvgIpc) is 2.83. The minimum absolute atomic E-state index is 0.0505. The summed E-state index contributed by atoms with van der Waals surface area (Å²) in [6.07, 6.45) is 1.29. The number of esters is 1. The molecule has 0 spiro atoms. The van der Waals surface area contributed by atoms with E-state index in [0.29, 0.717) is 0 Å². The van der Waals surface area contributed by atoms with Crippen LogP contribution >= 0.6 is 11.6 Å². The molecule has 0 radical (unpaired) electrons. The van der Waals surface area contributed by atoms with E-state index in [1.807, 2.05) is 38.1 Å². The minimum Gasteiger partial charge on any atom is -0.469 e. The van der Waals surface area contributed by atoms with Crippen molar-refractivity contribution in [2.24, 2.45) is 5.41 Å². The van der Waals surface area contributed by atoms with Crippen LogP contribution in [0.3, 0.4) is 0 Å². The number of rotatable bonds is 8. The summed E-state index contributed by atoms with van der Waals surface area (Å²) in [6, 6.07) is 9.03. The van der Waals surface area contributed by atoms with Gasteiger partial charge in [-0.05, 0) is 37.0 Å². The van der Waals surface area contributed by atoms with Crippen molar-refractivity contribution >= 4 is 41.0 Å². The lowest BCUT2D eigenvalue weighted by Crippen LogP contribution is -2.67. The van der Waals surface area contributed by atoms with Crippen LogP contribution in [0.2, 0.25) is 5.15 Å². The summed E-state index contributed by atoms with van der Waals surface area (Å²) in [4.78, 5) is 57.2. The van der Waals surface area contributed by atoms with E-state index in [1.165, 1.54) is 26.4 Å². The van der Waals surface area contributed by atoms with Crippen LogP contribution in [0.5, 0.6) is 0 Å². The first-order valence-corrected chi connectivity index (χ1v) is 12.4. The number of anilines is 1. The van der Waals surface area contributed by atoms with Gasteiger partial charge in [0.1, 0.15) is 10.6 Å². The van der Waals surface area contributed by atoms with Crippen LogP contribution in [0.15, 0.2) is 36.5 Å². The number of amides is 3. The van der Waals surface area contributed by atoms with Crippen molar-refractivity contribution in [3.63, 3.8) is 0 Å². The second-order valence-electron chi connectivity index (χ2n) is 10.2. The van der Waals surface area contributed by atoms with E-state index < -0.39 is 22.7 Å². The standard InChI is InChI=1S/C27H33ClN4O5/c1-16(2)17-9-7-8-10-19(17)27(14-32(15-27)22(33)12-26(3,4)25(36)37-6)24(35)31-20-13-30-21(28)11-18(20)23(34)29-5/h7-11,13,16H,12,14-15H2,1-6H3,(H,29,34)(H,31,35). The molecule has 2 aromatic rings. The van der Waals surface area contributed by atoms with E-state index >= 15 is 0 Å². The van der Waals surface area contributed by atoms with Crippen molar-refractivity contribution in [1.29, 1.82) is 0 Å². The van der Waals surface area contributed by atoms with Gasteiger partial charge in [0.25, 0.3) is 5.91 Å². The highest BCUT2D eigenvalue weighted by atomic mass is 35.5. The lowest BCUT2D eigenvalue weighted by Gasteiger charge is -2.50. The fraction of sp³-hybridized carbons (Fsp3) is 0.444. The van der Waals surface area contributed by atoms with Gasteiger partial charge in [0, 0.05) is 26.6 Å². The molecule has 37 heavy (non-hydrogen) atoms. The number of hydrogen-bond acceptors (Lipinski definition) is 6. The first-order valence-electron chi connectivity index (χ1n) is 12.0. The molecule has 1 aliphatic rings. The largest absolute Gasteiger partial charge is 0.469 e. The number of methoxy groups -OCH3 is 1. The van der Waals surface area contributed by atoms with Crippen molar-refractivity contribution in [3.05, 3.63) is 58.4 Å². The molecule has 1 aromatic carbocycles. The molecule has 3 amide bonds. The van der Waals surface area contributed by atoms with Gasteiger partial charge >= 0.3 is 5.97 Å². The molecule has 2 N–H and O–H groups in total. The number of likely N-dealkylation sites (tertiary alicyclic amines) is 1. The molecule has 3 rings (SSSR count). The molecule has 0 atom stereocenters. The van der Waals surface area contributed by atoms with Gasteiger partial charge in [-0.15, -0.1) is 0 Å². The molecule has 1 saturated heterocycles. The molecule has 1 aromatic heterocycles. The van der Waals surface area contributed by atoms with Crippen LogP contribution in [0.4, 0.5) is 5.69 Å². The molecule has 9 nitrogen and oxygen atoms in total. The molecule has 0 saturated carbocycles. The number of carbonyl (C=O) groups excluding carboxylic acids is 4. The third-order valence-corrected chi connectivity index (χ3v) is 6.94. The van der Waals surface area contributed by atoms with E-state index in [-0.39, 0.29) is 53.6 Å². The Morgan fingerprint density at radius 2 is 1.84 bits per heavy atom. The zero-order chi connectivity index (χ0) is 27.5. The molecule has 0 unspecified atom stereocenters. The maximum absolute atomic E-state index is 13.9. The van der Waals surface area contributed by atoms with Crippen molar-refractivity contribution < 1.29 is 23.9 Å². The molecule has 0 aliphatic carbocycles. The molecular weight excluding hydrogens is 496 g/mol. The number of benzene rings is 1. The molecule has 10 heteroatoms. The Morgan fingerprint density at radius 3 is 2.43 bits per heavy atom. The fourth-order valence-electron chi connectivity index (χ4n) is 4.59. The third-order valence-electron chi connectivity index (χ3n) is 6.73. The zero-order valence-electron chi connectivity index (χ0n) is 22.0. The third kappa shape index (κ3) is 5.61. The minimum atomic E-state index is -1.06. The highest BCUT2D eigenvalue weighted by molar-refractivity contribution is 6.30. The SMILES string of the molecule is CNC(=O)c1cc(Cl)ncc1NC(=O)C1(c2ccccc2C(C)C)CN(C(=O)CC(C)(C)C(=O)OC)C1.